The fourth-order valence-corrected chi connectivity index (χ4v) is 4.82. The Hall–Kier alpha value is -3.05. The first-order valence-corrected chi connectivity index (χ1v) is 12.8. The van der Waals surface area contributed by atoms with Gasteiger partial charge in [0.25, 0.3) is 0 Å². The molecule has 4 atom stereocenters. The van der Waals surface area contributed by atoms with Crippen molar-refractivity contribution in [3.05, 3.63) is 36.0 Å². The number of likely N-dealkylation sites (tertiary alicyclic amines) is 1. The van der Waals surface area contributed by atoms with Crippen LogP contribution in [0.2, 0.25) is 0 Å². The summed E-state index contributed by atoms with van der Waals surface area (Å²) in [5.41, 5.74) is 7.77. The summed E-state index contributed by atoms with van der Waals surface area (Å²) in [5.74, 6) is -2.42. The van der Waals surface area contributed by atoms with E-state index in [-0.39, 0.29) is 18.1 Å². The number of H-pyrrole nitrogens is 1. The van der Waals surface area contributed by atoms with Crippen molar-refractivity contribution in [3.63, 3.8) is 0 Å². The molecule has 0 spiro atoms. The highest BCUT2D eigenvalue weighted by atomic mass is 32.1. The molecule has 11 heteroatoms. The minimum Gasteiger partial charge on any atom is -0.480 e. The second kappa shape index (κ2) is 12.3. The van der Waals surface area contributed by atoms with E-state index in [2.05, 4.69) is 28.2 Å². The van der Waals surface area contributed by atoms with Crippen LogP contribution in [0.1, 0.15) is 38.7 Å². The lowest BCUT2D eigenvalue weighted by molar-refractivity contribution is -0.149. The van der Waals surface area contributed by atoms with Gasteiger partial charge in [-0.05, 0) is 36.8 Å². The minimum atomic E-state index is -1.08. The van der Waals surface area contributed by atoms with Gasteiger partial charge < -0.3 is 31.4 Å². The maximum Gasteiger partial charge on any atom is 0.326 e. The van der Waals surface area contributed by atoms with Gasteiger partial charge in [0.1, 0.15) is 18.1 Å². The number of amides is 3. The van der Waals surface area contributed by atoms with Crippen molar-refractivity contribution in [2.75, 3.05) is 12.3 Å². The van der Waals surface area contributed by atoms with E-state index in [1.807, 2.05) is 38.1 Å². The lowest BCUT2D eigenvalue weighted by atomic mass is 10.0. The number of carbonyl (C=O) groups excluding carboxylic acids is 3. The number of benzene rings is 1. The molecule has 2 aromatic rings. The number of aromatic nitrogens is 1. The average molecular weight is 518 g/mol. The molecule has 1 aliphatic heterocycles. The molecule has 0 bridgehead atoms. The number of carboxylic acids is 1. The van der Waals surface area contributed by atoms with E-state index in [0.717, 1.165) is 16.5 Å². The Balaban J connectivity index is 1.80. The third kappa shape index (κ3) is 6.58. The lowest BCUT2D eigenvalue weighted by Crippen LogP contribution is -2.58. The molecule has 4 unspecified atom stereocenters. The average Bonchev–Trinajstić information content (AvgIpc) is 3.49. The molecule has 36 heavy (non-hydrogen) atoms. The molecule has 1 aliphatic rings. The zero-order valence-electron chi connectivity index (χ0n) is 20.6. The number of nitrogens with one attached hydrogen (secondary N) is 3. The van der Waals surface area contributed by atoms with E-state index >= 15 is 0 Å². The van der Waals surface area contributed by atoms with Crippen LogP contribution in [0.15, 0.2) is 30.5 Å². The van der Waals surface area contributed by atoms with Gasteiger partial charge >= 0.3 is 5.97 Å². The van der Waals surface area contributed by atoms with Crippen molar-refractivity contribution in [2.45, 2.75) is 63.7 Å². The summed E-state index contributed by atoms with van der Waals surface area (Å²) < 4.78 is 0. The van der Waals surface area contributed by atoms with E-state index in [4.69, 9.17) is 5.73 Å². The summed E-state index contributed by atoms with van der Waals surface area (Å²) in [4.78, 5) is 55.3. The number of carboxylic acid groups (broad SMARTS) is 1. The first-order valence-electron chi connectivity index (χ1n) is 12.2. The number of hydrogen-bond donors (Lipinski definition) is 6. The third-order valence-electron chi connectivity index (χ3n) is 6.41. The predicted molar refractivity (Wildman–Crippen MR) is 140 cm³/mol. The van der Waals surface area contributed by atoms with E-state index in [1.54, 1.807) is 6.20 Å². The quantitative estimate of drug-likeness (QED) is 0.245. The minimum absolute atomic E-state index is 0.0198. The van der Waals surface area contributed by atoms with Crippen molar-refractivity contribution in [3.8, 4) is 0 Å². The SMILES string of the molecule is CC(C)CC(N)C(=O)NC(Cc1c[nH]c2ccccc12)C(=O)NC(CS)C(=O)N1CCCC1C(=O)O. The standard InChI is InChI=1S/C25H35N5O5S/c1-14(2)10-17(26)22(31)28-19(11-15-12-27-18-7-4-3-6-16(15)18)23(32)29-20(13-36)24(33)30-9-5-8-21(30)25(34)35/h3-4,6-7,12,14,17,19-21,27,36H,5,8-11,13,26H2,1-2H3,(H,28,31)(H,29,32)(H,34,35). The number of rotatable bonds is 11. The second-order valence-corrected chi connectivity index (χ2v) is 10.00. The van der Waals surface area contributed by atoms with Gasteiger partial charge in [-0.25, -0.2) is 4.79 Å². The highest BCUT2D eigenvalue weighted by Crippen LogP contribution is 2.21. The van der Waals surface area contributed by atoms with E-state index < -0.39 is 47.9 Å². The van der Waals surface area contributed by atoms with E-state index in [0.29, 0.717) is 25.8 Å². The van der Waals surface area contributed by atoms with Gasteiger partial charge in [0.2, 0.25) is 17.7 Å². The molecule has 0 saturated carbocycles. The summed E-state index contributed by atoms with van der Waals surface area (Å²) in [6.45, 7) is 4.21. The van der Waals surface area contributed by atoms with Gasteiger partial charge in [-0.1, -0.05) is 32.0 Å². The number of nitrogens with two attached hydrogens (primary N) is 1. The van der Waals surface area contributed by atoms with E-state index in [9.17, 15) is 24.3 Å². The van der Waals surface area contributed by atoms with Crippen LogP contribution in [-0.4, -0.2) is 75.1 Å². The number of aromatic amines is 1. The molecule has 3 rings (SSSR count). The lowest BCUT2D eigenvalue weighted by Gasteiger charge is -2.28. The summed E-state index contributed by atoms with van der Waals surface area (Å²) in [6, 6.07) is 3.87. The maximum absolute atomic E-state index is 13.4. The third-order valence-corrected chi connectivity index (χ3v) is 6.78. The molecule has 0 radical (unpaired) electrons. The van der Waals surface area contributed by atoms with Gasteiger partial charge in [-0.2, -0.15) is 12.6 Å². The summed E-state index contributed by atoms with van der Waals surface area (Å²) in [7, 11) is 0. The van der Waals surface area contributed by atoms with Gasteiger partial charge in [-0.15, -0.1) is 0 Å². The number of aliphatic carboxylic acids is 1. The van der Waals surface area contributed by atoms with Crippen LogP contribution in [-0.2, 0) is 25.6 Å². The summed E-state index contributed by atoms with van der Waals surface area (Å²) >= 11 is 4.23. The molecular formula is C25H35N5O5S. The normalized spacial score (nSPS) is 18.1. The van der Waals surface area contributed by atoms with Gasteiger partial charge in [-0.3, -0.25) is 14.4 Å². The van der Waals surface area contributed by atoms with Crippen LogP contribution >= 0.6 is 12.6 Å². The Kier molecular flexibility index (Phi) is 9.38. The van der Waals surface area contributed by atoms with Crippen LogP contribution in [0.25, 0.3) is 10.9 Å². The number of para-hydroxylation sites is 1. The number of thiol groups is 1. The van der Waals surface area contributed by atoms with Crippen molar-refractivity contribution < 1.29 is 24.3 Å². The molecule has 6 N–H and O–H groups in total. The van der Waals surface area contributed by atoms with E-state index in [1.165, 1.54) is 4.90 Å². The molecule has 1 aromatic carbocycles. The molecule has 1 saturated heterocycles. The largest absolute Gasteiger partial charge is 0.480 e. The van der Waals surface area contributed by atoms with Crippen LogP contribution in [0.4, 0.5) is 0 Å². The fraction of sp³-hybridized carbons (Fsp3) is 0.520. The van der Waals surface area contributed by atoms with Crippen LogP contribution in [0.5, 0.6) is 0 Å². The number of nitrogens with zero attached hydrogens (tertiary/aromatic N) is 1. The first kappa shape index (κ1) is 27.5. The second-order valence-electron chi connectivity index (χ2n) is 9.63. The first-order chi connectivity index (χ1) is 17.1. The zero-order valence-corrected chi connectivity index (χ0v) is 21.5. The predicted octanol–water partition coefficient (Wildman–Crippen LogP) is 1.06. The molecule has 1 fully saturated rings. The van der Waals surface area contributed by atoms with Gasteiger partial charge in [0.05, 0.1) is 6.04 Å². The molecule has 1 aromatic heterocycles. The Labute approximate surface area is 215 Å². The highest BCUT2D eigenvalue weighted by Gasteiger charge is 2.38. The molecule has 0 aliphatic carbocycles. The summed E-state index contributed by atoms with van der Waals surface area (Å²) in [6.07, 6.45) is 3.35. The van der Waals surface area contributed by atoms with Gasteiger partial charge in [0.15, 0.2) is 0 Å². The molecule has 2 heterocycles. The molecule has 10 nitrogen and oxygen atoms in total. The van der Waals surface area contributed by atoms with Crippen molar-refractivity contribution in [1.29, 1.82) is 0 Å². The summed E-state index contributed by atoms with van der Waals surface area (Å²) in [5, 5.41) is 15.8. The number of carbonyl (C=O) groups is 4. The fourth-order valence-electron chi connectivity index (χ4n) is 4.57. The number of fused-ring (bicyclic) bond motifs is 1. The highest BCUT2D eigenvalue weighted by molar-refractivity contribution is 7.80. The maximum atomic E-state index is 13.4. The molecular weight excluding hydrogens is 482 g/mol. The number of hydrogen-bond acceptors (Lipinski definition) is 6. The van der Waals surface area contributed by atoms with Crippen molar-refractivity contribution in [2.24, 2.45) is 11.7 Å². The molecule has 196 valence electrons. The Morgan fingerprint density at radius 2 is 1.86 bits per heavy atom. The smallest absolute Gasteiger partial charge is 0.326 e. The monoisotopic (exact) mass is 517 g/mol. The van der Waals surface area contributed by atoms with Crippen LogP contribution in [0.3, 0.4) is 0 Å². The molecule has 3 amide bonds. The topological polar surface area (TPSA) is 158 Å². The van der Waals surface area contributed by atoms with Crippen molar-refractivity contribution >= 4 is 47.2 Å². The van der Waals surface area contributed by atoms with Crippen LogP contribution in [0, 0.1) is 5.92 Å². The Morgan fingerprint density at radius 1 is 1.17 bits per heavy atom. The Bertz CT molecular complexity index is 1100. The van der Waals surface area contributed by atoms with Gasteiger partial charge in [0, 0.05) is 35.8 Å². The van der Waals surface area contributed by atoms with Crippen LogP contribution < -0.4 is 16.4 Å². The zero-order chi connectivity index (χ0) is 26.4. The Morgan fingerprint density at radius 3 is 2.53 bits per heavy atom. The van der Waals surface area contributed by atoms with Crippen molar-refractivity contribution in [1.82, 2.24) is 20.5 Å².